The highest BCUT2D eigenvalue weighted by atomic mass is 79.9. The Morgan fingerprint density at radius 3 is 2.71 bits per heavy atom. The van der Waals surface area contributed by atoms with Gasteiger partial charge in [0.2, 0.25) is 0 Å². The summed E-state index contributed by atoms with van der Waals surface area (Å²) in [5.41, 5.74) is 1.11. The number of ether oxygens (including phenoxy) is 1. The first-order valence-electron chi connectivity index (χ1n) is 5.48. The molecule has 0 aliphatic carbocycles. The Kier molecular flexibility index (Phi) is 4.94. The lowest BCUT2D eigenvalue weighted by Crippen LogP contribution is -2.23. The largest absolute Gasteiger partial charge is 0.456 e. The first-order chi connectivity index (χ1) is 7.92. The van der Waals surface area contributed by atoms with E-state index in [-0.39, 0.29) is 5.97 Å². The van der Waals surface area contributed by atoms with E-state index in [1.807, 2.05) is 51.1 Å². The van der Waals surface area contributed by atoms with Crippen LogP contribution >= 0.6 is 15.9 Å². The van der Waals surface area contributed by atoms with Gasteiger partial charge in [0.05, 0.1) is 5.56 Å². The summed E-state index contributed by atoms with van der Waals surface area (Å²) in [4.78, 5) is 11.8. The maximum atomic E-state index is 11.8. The number of halogens is 1. The zero-order valence-electron chi connectivity index (χ0n) is 10.4. The Morgan fingerprint density at radius 1 is 1.41 bits per heavy atom. The third kappa shape index (κ3) is 5.18. The summed E-state index contributed by atoms with van der Waals surface area (Å²) in [6.45, 7) is 5.58. The molecule has 1 rings (SSSR count). The number of esters is 1. The fourth-order valence-corrected chi connectivity index (χ4v) is 1.47. The van der Waals surface area contributed by atoms with Gasteiger partial charge < -0.3 is 4.74 Å². The van der Waals surface area contributed by atoms with Gasteiger partial charge in [-0.05, 0) is 38.5 Å². The lowest BCUT2D eigenvalue weighted by Gasteiger charge is -2.19. The smallest absolute Gasteiger partial charge is 0.338 e. The molecule has 0 N–H and O–H groups in total. The van der Waals surface area contributed by atoms with Crippen molar-refractivity contribution in [1.82, 2.24) is 0 Å². The second kappa shape index (κ2) is 6.01. The molecule has 0 bridgehead atoms. The van der Waals surface area contributed by atoms with E-state index in [4.69, 9.17) is 4.74 Å². The van der Waals surface area contributed by atoms with Gasteiger partial charge in [-0.3, -0.25) is 0 Å². The molecular weight excluding hydrogens is 280 g/mol. The van der Waals surface area contributed by atoms with E-state index in [2.05, 4.69) is 15.9 Å². The second-order valence-electron chi connectivity index (χ2n) is 4.68. The van der Waals surface area contributed by atoms with Crippen LogP contribution in [0.1, 0.15) is 36.7 Å². The molecule has 0 aliphatic heterocycles. The molecule has 0 saturated heterocycles. The molecule has 1 aromatic carbocycles. The van der Waals surface area contributed by atoms with Crippen molar-refractivity contribution in [2.75, 3.05) is 5.33 Å². The summed E-state index contributed by atoms with van der Waals surface area (Å²) in [5, 5.41) is 0.795. The van der Waals surface area contributed by atoms with Crippen LogP contribution in [0.25, 0.3) is 6.08 Å². The molecule has 0 aromatic heterocycles. The first-order valence-corrected chi connectivity index (χ1v) is 6.60. The molecule has 17 heavy (non-hydrogen) atoms. The van der Waals surface area contributed by atoms with Crippen LogP contribution in [0.2, 0.25) is 0 Å². The molecule has 0 radical (unpaired) electrons. The minimum absolute atomic E-state index is 0.286. The van der Waals surface area contributed by atoms with E-state index >= 15 is 0 Å². The van der Waals surface area contributed by atoms with E-state index in [9.17, 15) is 4.79 Å². The molecule has 92 valence electrons. The van der Waals surface area contributed by atoms with Crippen molar-refractivity contribution < 1.29 is 9.53 Å². The number of hydrogen-bond acceptors (Lipinski definition) is 2. The van der Waals surface area contributed by atoms with Crippen molar-refractivity contribution >= 4 is 28.0 Å². The minimum Gasteiger partial charge on any atom is -0.456 e. The van der Waals surface area contributed by atoms with Gasteiger partial charge in [0, 0.05) is 5.33 Å². The molecule has 2 nitrogen and oxygen atoms in total. The fourth-order valence-electron chi connectivity index (χ4n) is 1.29. The van der Waals surface area contributed by atoms with Crippen LogP contribution in [0.4, 0.5) is 0 Å². The molecule has 1 aromatic rings. The molecular formula is C14H17BrO2. The first kappa shape index (κ1) is 14.0. The topological polar surface area (TPSA) is 26.3 Å². The number of benzene rings is 1. The molecule has 0 spiro atoms. The second-order valence-corrected chi connectivity index (χ2v) is 5.33. The van der Waals surface area contributed by atoms with Gasteiger partial charge in [0.25, 0.3) is 0 Å². The summed E-state index contributed by atoms with van der Waals surface area (Å²) in [6, 6.07) is 7.40. The lowest BCUT2D eigenvalue weighted by molar-refractivity contribution is 0.00695. The summed E-state index contributed by atoms with van der Waals surface area (Å²) in [5.74, 6) is -0.286. The quantitative estimate of drug-likeness (QED) is 0.621. The van der Waals surface area contributed by atoms with Crippen LogP contribution in [-0.4, -0.2) is 16.9 Å². The molecule has 0 aliphatic rings. The number of rotatable bonds is 3. The summed E-state index contributed by atoms with van der Waals surface area (Å²) < 4.78 is 5.31. The number of alkyl halides is 1. The lowest BCUT2D eigenvalue weighted by atomic mass is 10.1. The van der Waals surface area contributed by atoms with Crippen molar-refractivity contribution in [2.45, 2.75) is 26.4 Å². The Bertz CT molecular complexity index is 416. The van der Waals surface area contributed by atoms with E-state index in [1.54, 1.807) is 6.07 Å². The van der Waals surface area contributed by atoms with Gasteiger partial charge in [-0.2, -0.15) is 0 Å². The Labute approximate surface area is 111 Å². The number of carbonyl (C=O) groups excluding carboxylic acids is 1. The predicted octanol–water partition coefficient (Wildman–Crippen LogP) is 4.05. The van der Waals surface area contributed by atoms with E-state index < -0.39 is 5.60 Å². The minimum atomic E-state index is -0.460. The van der Waals surface area contributed by atoms with Crippen LogP contribution in [0, 0.1) is 0 Å². The van der Waals surface area contributed by atoms with Crippen molar-refractivity contribution in [3.05, 3.63) is 41.5 Å². The highest BCUT2D eigenvalue weighted by Crippen LogP contribution is 2.14. The summed E-state index contributed by atoms with van der Waals surface area (Å²) in [7, 11) is 0. The third-order valence-electron chi connectivity index (χ3n) is 1.92. The van der Waals surface area contributed by atoms with Crippen molar-refractivity contribution in [1.29, 1.82) is 0 Å². The number of allylic oxidation sites excluding steroid dienone is 1. The van der Waals surface area contributed by atoms with E-state index in [1.165, 1.54) is 0 Å². The monoisotopic (exact) mass is 296 g/mol. The van der Waals surface area contributed by atoms with Crippen molar-refractivity contribution in [3.8, 4) is 0 Å². The molecule has 0 saturated carbocycles. The molecule has 0 heterocycles. The molecule has 0 atom stereocenters. The fraction of sp³-hybridized carbons (Fsp3) is 0.357. The Morgan fingerprint density at radius 2 is 2.12 bits per heavy atom. The SMILES string of the molecule is CC(C)(C)OC(=O)c1cccc(C=CCBr)c1. The van der Waals surface area contributed by atoms with Crippen molar-refractivity contribution in [2.24, 2.45) is 0 Å². The predicted molar refractivity (Wildman–Crippen MR) is 74.4 cm³/mol. The van der Waals surface area contributed by atoms with Gasteiger partial charge in [-0.25, -0.2) is 4.79 Å². The van der Waals surface area contributed by atoms with Gasteiger partial charge >= 0.3 is 5.97 Å². The summed E-state index contributed by atoms with van der Waals surface area (Å²) >= 11 is 3.32. The molecule has 0 fully saturated rings. The van der Waals surface area contributed by atoms with Crippen LogP contribution < -0.4 is 0 Å². The normalized spacial score (nSPS) is 11.8. The molecule has 0 unspecified atom stereocenters. The highest BCUT2D eigenvalue weighted by molar-refractivity contribution is 9.09. The zero-order chi connectivity index (χ0) is 12.9. The van der Waals surface area contributed by atoms with Gasteiger partial charge in [0.15, 0.2) is 0 Å². The van der Waals surface area contributed by atoms with Crippen LogP contribution in [0.3, 0.4) is 0 Å². The third-order valence-corrected chi connectivity index (χ3v) is 2.29. The van der Waals surface area contributed by atoms with E-state index in [0.717, 1.165) is 10.9 Å². The molecule has 0 amide bonds. The van der Waals surface area contributed by atoms with Crippen LogP contribution in [-0.2, 0) is 4.74 Å². The zero-order valence-corrected chi connectivity index (χ0v) is 12.0. The Balaban J connectivity index is 2.84. The highest BCUT2D eigenvalue weighted by Gasteiger charge is 2.17. The average Bonchev–Trinajstić information content (AvgIpc) is 2.24. The maximum absolute atomic E-state index is 11.8. The van der Waals surface area contributed by atoms with Crippen LogP contribution in [0.15, 0.2) is 30.3 Å². The maximum Gasteiger partial charge on any atom is 0.338 e. The Hall–Kier alpha value is -1.09. The number of carbonyl (C=O) groups is 1. The van der Waals surface area contributed by atoms with Crippen molar-refractivity contribution in [3.63, 3.8) is 0 Å². The van der Waals surface area contributed by atoms with Gasteiger partial charge in [-0.15, -0.1) is 0 Å². The molecule has 3 heteroatoms. The average molecular weight is 297 g/mol. The van der Waals surface area contributed by atoms with Gasteiger partial charge in [-0.1, -0.05) is 40.2 Å². The van der Waals surface area contributed by atoms with E-state index in [0.29, 0.717) is 5.56 Å². The van der Waals surface area contributed by atoms with Gasteiger partial charge in [0.1, 0.15) is 5.60 Å². The number of hydrogen-bond donors (Lipinski definition) is 0. The van der Waals surface area contributed by atoms with Crippen LogP contribution in [0.5, 0.6) is 0 Å². The summed E-state index contributed by atoms with van der Waals surface area (Å²) in [6.07, 6.45) is 3.94. The standard InChI is InChI=1S/C14H17BrO2/c1-14(2,3)17-13(16)12-8-4-6-11(10-12)7-5-9-15/h4-8,10H,9H2,1-3H3.